The van der Waals surface area contributed by atoms with E-state index in [0.717, 1.165) is 11.3 Å². The van der Waals surface area contributed by atoms with Gasteiger partial charge in [-0.15, -0.1) is 11.8 Å². The van der Waals surface area contributed by atoms with Crippen LogP contribution in [0.1, 0.15) is 13.3 Å². The molecule has 3 N–H and O–H groups in total. The van der Waals surface area contributed by atoms with Crippen LogP contribution in [0.3, 0.4) is 0 Å². The van der Waals surface area contributed by atoms with Crippen LogP contribution in [0.2, 0.25) is 0 Å². The van der Waals surface area contributed by atoms with Gasteiger partial charge in [-0.3, -0.25) is 0 Å². The van der Waals surface area contributed by atoms with E-state index in [-0.39, 0.29) is 5.75 Å². The number of benzene rings is 1. The maximum absolute atomic E-state index is 11.8. The first-order valence-electron chi connectivity index (χ1n) is 6.42. The Morgan fingerprint density at radius 3 is 2.70 bits per heavy atom. The highest BCUT2D eigenvalue weighted by molar-refractivity contribution is 8.00. The van der Waals surface area contributed by atoms with Crippen LogP contribution in [0, 0.1) is 0 Å². The first kappa shape index (κ1) is 17.7. The summed E-state index contributed by atoms with van der Waals surface area (Å²) in [4.78, 5) is 0.929. The fraction of sp³-hybridized carbons (Fsp3) is 0.538. The summed E-state index contributed by atoms with van der Waals surface area (Å²) in [7, 11) is -3.19. The third kappa shape index (κ3) is 6.88. The average Bonchev–Trinajstić information content (AvgIpc) is 2.40. The van der Waals surface area contributed by atoms with E-state index >= 15 is 0 Å². The third-order valence-corrected chi connectivity index (χ3v) is 6.58. The largest absolute Gasteiger partial charge is 0.398 e. The molecule has 4 nitrogen and oxygen atoms in total. The number of para-hydroxylation sites is 1. The molecule has 7 heteroatoms. The second kappa shape index (κ2) is 8.81. The number of thioether (sulfide) groups is 2. The van der Waals surface area contributed by atoms with Crippen molar-refractivity contribution in [2.24, 2.45) is 0 Å². The van der Waals surface area contributed by atoms with Crippen molar-refractivity contribution in [1.82, 2.24) is 4.72 Å². The van der Waals surface area contributed by atoms with Crippen molar-refractivity contribution in [2.45, 2.75) is 23.5 Å². The lowest BCUT2D eigenvalue weighted by Crippen LogP contribution is -2.29. The lowest BCUT2D eigenvalue weighted by Gasteiger charge is -2.10. The van der Waals surface area contributed by atoms with Crippen LogP contribution in [0.25, 0.3) is 0 Å². The molecular weight excluding hydrogens is 312 g/mol. The van der Waals surface area contributed by atoms with Crippen molar-refractivity contribution in [3.8, 4) is 0 Å². The fourth-order valence-corrected chi connectivity index (χ4v) is 4.25. The van der Waals surface area contributed by atoms with Crippen LogP contribution in [-0.2, 0) is 10.0 Å². The monoisotopic (exact) mass is 334 g/mol. The van der Waals surface area contributed by atoms with E-state index < -0.39 is 10.0 Å². The molecule has 20 heavy (non-hydrogen) atoms. The average molecular weight is 335 g/mol. The van der Waals surface area contributed by atoms with Gasteiger partial charge in [0.2, 0.25) is 10.0 Å². The van der Waals surface area contributed by atoms with E-state index in [1.54, 1.807) is 11.8 Å². The number of nitrogens with two attached hydrogens (primary N) is 1. The molecule has 0 amide bonds. The fourth-order valence-electron chi connectivity index (χ4n) is 1.48. The predicted molar refractivity (Wildman–Crippen MR) is 91.0 cm³/mol. The molecule has 0 fully saturated rings. The van der Waals surface area contributed by atoms with Gasteiger partial charge >= 0.3 is 0 Å². The minimum absolute atomic E-state index is 0.111. The summed E-state index contributed by atoms with van der Waals surface area (Å²) in [5.41, 5.74) is 6.50. The highest BCUT2D eigenvalue weighted by Gasteiger charge is 2.11. The molecule has 0 bridgehead atoms. The van der Waals surface area contributed by atoms with E-state index in [4.69, 9.17) is 5.73 Å². The molecular formula is C13H22N2O2S3. The maximum Gasteiger partial charge on any atom is 0.212 e. The summed E-state index contributed by atoms with van der Waals surface area (Å²) in [5.74, 6) is 0.612. The summed E-state index contributed by atoms with van der Waals surface area (Å²) < 4.78 is 26.3. The first-order valence-corrected chi connectivity index (χ1v) is 10.3. The zero-order valence-electron chi connectivity index (χ0n) is 11.8. The minimum Gasteiger partial charge on any atom is -0.398 e. The van der Waals surface area contributed by atoms with Crippen molar-refractivity contribution in [1.29, 1.82) is 0 Å². The normalized spacial score (nSPS) is 13.3. The van der Waals surface area contributed by atoms with Crippen LogP contribution in [0.15, 0.2) is 29.2 Å². The molecule has 0 heterocycles. The van der Waals surface area contributed by atoms with Gasteiger partial charge in [0.1, 0.15) is 0 Å². The van der Waals surface area contributed by atoms with E-state index in [0.29, 0.717) is 23.2 Å². The number of hydrogen-bond donors (Lipinski definition) is 2. The molecule has 1 rings (SSSR count). The number of rotatable bonds is 9. The maximum atomic E-state index is 11.8. The molecule has 1 aromatic rings. The summed E-state index contributed by atoms with van der Waals surface area (Å²) >= 11 is 3.21. The number of hydrogen-bond acceptors (Lipinski definition) is 5. The molecule has 114 valence electrons. The highest BCUT2D eigenvalue weighted by atomic mass is 32.2. The van der Waals surface area contributed by atoms with E-state index in [1.807, 2.05) is 30.5 Å². The standard InChI is InChI=1S/C13H22N2O2S3/c1-11(18-2)7-8-15-20(16,17)10-9-19-13-6-4-3-5-12(13)14/h3-6,11,15H,7-10,14H2,1-2H3. The summed E-state index contributed by atoms with van der Waals surface area (Å²) in [5, 5.41) is 0.469. The number of sulfonamides is 1. The van der Waals surface area contributed by atoms with Gasteiger partial charge in [0.05, 0.1) is 5.75 Å². The van der Waals surface area contributed by atoms with Crippen LogP contribution >= 0.6 is 23.5 Å². The molecule has 0 spiro atoms. The van der Waals surface area contributed by atoms with Gasteiger partial charge in [-0.05, 0) is 24.8 Å². The van der Waals surface area contributed by atoms with Crippen LogP contribution in [0.4, 0.5) is 5.69 Å². The Balaban J connectivity index is 2.31. The van der Waals surface area contributed by atoms with E-state index in [2.05, 4.69) is 11.6 Å². The lowest BCUT2D eigenvalue weighted by atomic mass is 10.3. The zero-order chi connectivity index (χ0) is 15.0. The molecule has 0 aromatic heterocycles. The Hall–Kier alpha value is -0.370. The van der Waals surface area contributed by atoms with Gasteiger partial charge in [0.15, 0.2) is 0 Å². The summed E-state index contributed by atoms with van der Waals surface area (Å²) in [6.45, 7) is 2.59. The highest BCUT2D eigenvalue weighted by Crippen LogP contribution is 2.24. The number of nitrogen functional groups attached to an aromatic ring is 1. The van der Waals surface area contributed by atoms with E-state index in [9.17, 15) is 8.42 Å². The Labute approximate surface area is 130 Å². The smallest absolute Gasteiger partial charge is 0.212 e. The molecule has 0 saturated carbocycles. The van der Waals surface area contributed by atoms with E-state index in [1.165, 1.54) is 11.8 Å². The van der Waals surface area contributed by atoms with Crippen molar-refractivity contribution in [3.05, 3.63) is 24.3 Å². The first-order chi connectivity index (χ1) is 9.44. The van der Waals surface area contributed by atoms with Gasteiger partial charge < -0.3 is 5.73 Å². The third-order valence-electron chi connectivity index (χ3n) is 2.80. The molecule has 0 aliphatic rings. The van der Waals surface area contributed by atoms with Crippen LogP contribution in [-0.4, -0.2) is 38.0 Å². The Morgan fingerprint density at radius 2 is 2.05 bits per heavy atom. The molecule has 1 unspecified atom stereocenters. The Bertz CT molecular complexity index is 506. The Morgan fingerprint density at radius 1 is 1.35 bits per heavy atom. The topological polar surface area (TPSA) is 72.2 Å². The molecule has 0 radical (unpaired) electrons. The number of nitrogens with one attached hydrogen (secondary N) is 1. The van der Waals surface area contributed by atoms with Gasteiger partial charge in [-0.1, -0.05) is 19.1 Å². The second-order valence-electron chi connectivity index (χ2n) is 4.43. The van der Waals surface area contributed by atoms with Gasteiger partial charge in [0, 0.05) is 28.1 Å². The lowest BCUT2D eigenvalue weighted by molar-refractivity contribution is 0.580. The van der Waals surface area contributed by atoms with Crippen LogP contribution in [0.5, 0.6) is 0 Å². The molecule has 0 saturated heterocycles. The summed E-state index contributed by atoms with van der Waals surface area (Å²) in [6, 6.07) is 7.49. The molecule has 0 aliphatic carbocycles. The van der Waals surface area contributed by atoms with Crippen molar-refractivity contribution in [2.75, 3.05) is 30.0 Å². The predicted octanol–water partition coefficient (Wildman–Crippen LogP) is 2.42. The van der Waals surface area contributed by atoms with Crippen molar-refractivity contribution in [3.63, 3.8) is 0 Å². The Kier molecular flexibility index (Phi) is 7.79. The quantitative estimate of drug-likeness (QED) is 0.536. The zero-order valence-corrected chi connectivity index (χ0v) is 14.3. The SMILES string of the molecule is CSC(C)CCNS(=O)(=O)CCSc1ccccc1N. The van der Waals surface area contributed by atoms with Gasteiger partial charge in [-0.2, -0.15) is 11.8 Å². The molecule has 1 atom stereocenters. The van der Waals surface area contributed by atoms with Gasteiger partial charge in [-0.25, -0.2) is 13.1 Å². The molecule has 1 aromatic carbocycles. The number of anilines is 1. The summed E-state index contributed by atoms with van der Waals surface area (Å²) in [6.07, 6.45) is 2.87. The van der Waals surface area contributed by atoms with Crippen molar-refractivity contribution < 1.29 is 8.42 Å². The molecule has 0 aliphatic heterocycles. The minimum atomic E-state index is -3.19. The van der Waals surface area contributed by atoms with Crippen LogP contribution < -0.4 is 10.5 Å². The van der Waals surface area contributed by atoms with Gasteiger partial charge in [0.25, 0.3) is 0 Å². The second-order valence-corrected chi connectivity index (χ2v) is 8.77. The van der Waals surface area contributed by atoms with Crippen molar-refractivity contribution >= 4 is 39.2 Å².